The summed E-state index contributed by atoms with van der Waals surface area (Å²) in [5, 5.41) is 15.6. The monoisotopic (exact) mass is 548 g/mol. The largest absolute Gasteiger partial charge is 0.492 e. The van der Waals surface area contributed by atoms with Crippen LogP contribution in [0.1, 0.15) is 37.2 Å². The number of amides is 1. The number of halogens is 2. The molecule has 0 aromatic carbocycles. The van der Waals surface area contributed by atoms with Crippen molar-refractivity contribution < 1.29 is 13.9 Å². The van der Waals surface area contributed by atoms with Crippen LogP contribution < -0.4 is 15.0 Å². The number of ether oxygens (including phenoxy) is 1. The first-order valence-electron chi connectivity index (χ1n) is 12.7. The predicted octanol–water partition coefficient (Wildman–Crippen LogP) is 4.65. The van der Waals surface area contributed by atoms with Crippen LogP contribution in [0.15, 0.2) is 49.1 Å². The first-order chi connectivity index (χ1) is 18.8. The molecule has 0 atom stereocenters. The van der Waals surface area contributed by atoms with Gasteiger partial charge in [-0.3, -0.25) is 9.89 Å². The molecule has 0 bridgehead atoms. The SMILES string of the molecule is CCOc1cc(-c2ccc(N3CCC(C)(NC(=O)c4ncc(F)cc4Cl)CC3)nc2)c2c3cn[nH]c3nn2c1. The quantitative estimate of drug-likeness (QED) is 0.317. The number of carbonyl (C=O) groups excluding carboxylic acids is 1. The zero-order valence-corrected chi connectivity index (χ0v) is 22.2. The van der Waals surface area contributed by atoms with Gasteiger partial charge in [-0.15, -0.1) is 5.10 Å². The minimum Gasteiger partial charge on any atom is -0.492 e. The van der Waals surface area contributed by atoms with E-state index in [2.05, 4.69) is 30.5 Å². The molecule has 5 aromatic rings. The standard InChI is InChI=1S/C27H26ClFN8O2/c1-3-39-18-11-19(24-20-14-32-34-25(20)35-37(24)15-18)16-4-5-22(30-12-16)36-8-6-27(2,7-9-36)33-26(38)23-21(28)10-17(29)13-31-23/h4-5,10-15H,3,6-9H2,1-2H3,(H,33,38)(H,34,35). The Morgan fingerprint density at radius 3 is 2.74 bits per heavy atom. The number of nitrogens with one attached hydrogen (secondary N) is 2. The van der Waals surface area contributed by atoms with Crippen molar-refractivity contribution in [3.63, 3.8) is 0 Å². The number of piperidine rings is 1. The van der Waals surface area contributed by atoms with Gasteiger partial charge in [0, 0.05) is 36.0 Å². The molecule has 1 aliphatic rings. The maximum absolute atomic E-state index is 13.3. The van der Waals surface area contributed by atoms with Gasteiger partial charge in [-0.25, -0.2) is 18.9 Å². The highest BCUT2D eigenvalue weighted by molar-refractivity contribution is 6.33. The van der Waals surface area contributed by atoms with Crippen LogP contribution in [0.5, 0.6) is 5.75 Å². The Hall–Kier alpha value is -4.25. The van der Waals surface area contributed by atoms with E-state index in [0.29, 0.717) is 38.2 Å². The summed E-state index contributed by atoms with van der Waals surface area (Å²) in [7, 11) is 0. The highest BCUT2D eigenvalue weighted by atomic mass is 35.5. The fourth-order valence-corrected chi connectivity index (χ4v) is 5.25. The number of fused-ring (bicyclic) bond motifs is 3. The van der Waals surface area contributed by atoms with Crippen molar-refractivity contribution >= 4 is 39.9 Å². The van der Waals surface area contributed by atoms with E-state index in [9.17, 15) is 9.18 Å². The van der Waals surface area contributed by atoms with Gasteiger partial charge in [0.05, 0.1) is 41.1 Å². The molecule has 5 aromatic heterocycles. The molecule has 1 amide bonds. The summed E-state index contributed by atoms with van der Waals surface area (Å²) in [6, 6.07) is 7.14. The molecule has 0 spiro atoms. The third-order valence-corrected chi connectivity index (χ3v) is 7.39. The van der Waals surface area contributed by atoms with Crippen LogP contribution in [-0.4, -0.2) is 60.9 Å². The van der Waals surface area contributed by atoms with Crippen LogP contribution in [0, 0.1) is 5.82 Å². The molecule has 0 aliphatic carbocycles. The van der Waals surface area contributed by atoms with Gasteiger partial charge in [-0.1, -0.05) is 11.6 Å². The number of rotatable bonds is 6. The van der Waals surface area contributed by atoms with Gasteiger partial charge >= 0.3 is 0 Å². The van der Waals surface area contributed by atoms with E-state index in [4.69, 9.17) is 21.3 Å². The number of pyridine rings is 3. The van der Waals surface area contributed by atoms with E-state index >= 15 is 0 Å². The smallest absolute Gasteiger partial charge is 0.271 e. The van der Waals surface area contributed by atoms with E-state index in [1.807, 2.05) is 49.0 Å². The van der Waals surface area contributed by atoms with Gasteiger partial charge in [0.25, 0.3) is 5.91 Å². The molecule has 1 aliphatic heterocycles. The minimum atomic E-state index is -0.582. The Morgan fingerprint density at radius 1 is 1.21 bits per heavy atom. The first-order valence-corrected chi connectivity index (χ1v) is 13.0. The number of anilines is 1. The Balaban J connectivity index is 1.19. The summed E-state index contributed by atoms with van der Waals surface area (Å²) in [6.45, 7) is 5.90. The Kier molecular flexibility index (Phi) is 6.30. The predicted molar refractivity (Wildman–Crippen MR) is 146 cm³/mol. The summed E-state index contributed by atoms with van der Waals surface area (Å²) in [6.07, 6.45) is 7.88. The minimum absolute atomic E-state index is 0.00803. The molecule has 1 saturated heterocycles. The van der Waals surface area contributed by atoms with Crippen molar-refractivity contribution in [1.29, 1.82) is 0 Å². The highest BCUT2D eigenvalue weighted by Crippen LogP contribution is 2.34. The number of aromatic amines is 1. The molecule has 12 heteroatoms. The lowest BCUT2D eigenvalue weighted by atomic mass is 9.89. The number of H-pyrrole nitrogens is 1. The average molecular weight is 549 g/mol. The van der Waals surface area contributed by atoms with Crippen molar-refractivity contribution in [3.8, 4) is 16.9 Å². The van der Waals surface area contributed by atoms with Crippen LogP contribution in [0.3, 0.4) is 0 Å². The molecular weight excluding hydrogens is 523 g/mol. The summed E-state index contributed by atoms with van der Waals surface area (Å²) in [5.41, 5.74) is 3.09. The van der Waals surface area contributed by atoms with Gasteiger partial charge in [-0.05, 0) is 51.0 Å². The fraction of sp³-hybridized carbons (Fsp3) is 0.296. The van der Waals surface area contributed by atoms with Crippen molar-refractivity contribution in [1.82, 2.24) is 35.1 Å². The van der Waals surface area contributed by atoms with E-state index in [-0.39, 0.29) is 10.7 Å². The molecule has 6 heterocycles. The summed E-state index contributed by atoms with van der Waals surface area (Å²) >= 11 is 6.02. The molecule has 0 unspecified atom stereocenters. The molecule has 0 radical (unpaired) electrons. The number of nitrogens with zero attached hydrogens (tertiary/aromatic N) is 6. The molecule has 200 valence electrons. The lowest BCUT2D eigenvalue weighted by Gasteiger charge is -2.40. The number of carbonyl (C=O) groups is 1. The van der Waals surface area contributed by atoms with Gasteiger partial charge in [0.1, 0.15) is 23.1 Å². The van der Waals surface area contributed by atoms with E-state index < -0.39 is 17.3 Å². The lowest BCUT2D eigenvalue weighted by Crippen LogP contribution is -2.53. The maximum atomic E-state index is 13.3. The third-order valence-electron chi connectivity index (χ3n) is 7.10. The van der Waals surface area contributed by atoms with Crippen molar-refractivity contribution in [2.75, 3.05) is 24.6 Å². The second-order valence-electron chi connectivity index (χ2n) is 9.84. The second-order valence-corrected chi connectivity index (χ2v) is 10.2. The topological polar surface area (TPSA) is 113 Å². The molecule has 10 nitrogen and oxygen atoms in total. The van der Waals surface area contributed by atoms with Crippen LogP contribution in [-0.2, 0) is 0 Å². The second kappa shape index (κ2) is 9.81. The van der Waals surface area contributed by atoms with Crippen LogP contribution in [0.4, 0.5) is 10.2 Å². The summed E-state index contributed by atoms with van der Waals surface area (Å²) < 4.78 is 20.9. The van der Waals surface area contributed by atoms with Gasteiger partial charge in [-0.2, -0.15) is 5.10 Å². The average Bonchev–Trinajstić information content (AvgIpc) is 3.50. The summed E-state index contributed by atoms with van der Waals surface area (Å²) in [5.74, 6) is 0.581. The highest BCUT2D eigenvalue weighted by Gasteiger charge is 2.33. The van der Waals surface area contributed by atoms with Crippen molar-refractivity contribution in [3.05, 3.63) is 65.6 Å². The van der Waals surface area contributed by atoms with Gasteiger partial charge in [0.15, 0.2) is 5.65 Å². The van der Waals surface area contributed by atoms with Gasteiger partial charge in [0.2, 0.25) is 0 Å². The van der Waals surface area contributed by atoms with E-state index in [1.54, 1.807) is 6.20 Å². The third kappa shape index (κ3) is 4.74. The van der Waals surface area contributed by atoms with Crippen LogP contribution >= 0.6 is 11.6 Å². The van der Waals surface area contributed by atoms with Crippen LogP contribution in [0.2, 0.25) is 5.02 Å². The van der Waals surface area contributed by atoms with E-state index in [0.717, 1.165) is 45.9 Å². The maximum Gasteiger partial charge on any atom is 0.271 e. The fourth-order valence-electron chi connectivity index (χ4n) is 5.01. The van der Waals surface area contributed by atoms with Gasteiger partial charge < -0.3 is 15.0 Å². The number of hydrogen-bond donors (Lipinski definition) is 2. The van der Waals surface area contributed by atoms with Crippen molar-refractivity contribution in [2.24, 2.45) is 0 Å². The molecule has 6 rings (SSSR count). The molecule has 2 N–H and O–H groups in total. The van der Waals surface area contributed by atoms with Crippen LogP contribution in [0.25, 0.3) is 27.7 Å². The zero-order chi connectivity index (χ0) is 27.1. The van der Waals surface area contributed by atoms with Crippen molar-refractivity contribution in [2.45, 2.75) is 32.2 Å². The lowest BCUT2D eigenvalue weighted by molar-refractivity contribution is 0.0886. The number of hydrogen-bond acceptors (Lipinski definition) is 7. The number of aromatic nitrogens is 6. The molecule has 0 saturated carbocycles. The molecule has 39 heavy (non-hydrogen) atoms. The Morgan fingerprint density at radius 2 is 2.03 bits per heavy atom. The normalized spacial score (nSPS) is 15.1. The first kappa shape index (κ1) is 25.1. The molecule has 1 fully saturated rings. The molecular formula is C27H26ClFN8O2. The summed E-state index contributed by atoms with van der Waals surface area (Å²) in [4.78, 5) is 23.6. The van der Waals surface area contributed by atoms with E-state index in [1.165, 1.54) is 0 Å². The Labute approximate surface area is 228 Å². The zero-order valence-electron chi connectivity index (χ0n) is 21.4. The Bertz CT molecular complexity index is 1680.